The summed E-state index contributed by atoms with van der Waals surface area (Å²) in [5.74, 6) is 2.76. The van der Waals surface area contributed by atoms with Crippen LogP contribution in [0.2, 0.25) is 0 Å². The summed E-state index contributed by atoms with van der Waals surface area (Å²) >= 11 is 0. The fraction of sp³-hybridized carbons (Fsp3) is 0.458. The van der Waals surface area contributed by atoms with Crippen molar-refractivity contribution in [3.05, 3.63) is 54.1 Å². The molecule has 1 saturated carbocycles. The lowest BCUT2D eigenvalue weighted by Gasteiger charge is -2.24. The molecular formula is C24H33IN4O2. The minimum atomic E-state index is 0. The van der Waals surface area contributed by atoms with Gasteiger partial charge in [0.2, 0.25) is 0 Å². The highest BCUT2D eigenvalue weighted by atomic mass is 127. The first-order chi connectivity index (χ1) is 14.7. The first-order valence-corrected chi connectivity index (χ1v) is 10.7. The van der Waals surface area contributed by atoms with Crippen molar-refractivity contribution < 1.29 is 9.47 Å². The third-order valence-electron chi connectivity index (χ3n) is 6.30. The third kappa shape index (κ3) is 5.19. The monoisotopic (exact) mass is 536 g/mol. The van der Waals surface area contributed by atoms with Crippen molar-refractivity contribution in [3.8, 4) is 11.5 Å². The molecule has 2 aromatic carbocycles. The van der Waals surface area contributed by atoms with Gasteiger partial charge < -0.3 is 25.0 Å². The van der Waals surface area contributed by atoms with Crippen molar-refractivity contribution in [3.63, 3.8) is 0 Å². The van der Waals surface area contributed by atoms with Crippen molar-refractivity contribution in [1.82, 2.24) is 10.6 Å². The summed E-state index contributed by atoms with van der Waals surface area (Å²) in [5.41, 5.74) is 2.59. The van der Waals surface area contributed by atoms with Crippen LogP contribution in [0.5, 0.6) is 11.5 Å². The minimum absolute atomic E-state index is 0. The number of hydrogen-bond acceptors (Lipinski definition) is 4. The van der Waals surface area contributed by atoms with Gasteiger partial charge >= 0.3 is 0 Å². The summed E-state index contributed by atoms with van der Waals surface area (Å²) < 4.78 is 11.1. The maximum Gasteiger partial charge on any atom is 0.191 e. The van der Waals surface area contributed by atoms with Gasteiger partial charge in [-0.05, 0) is 37.5 Å². The lowest BCUT2D eigenvalue weighted by atomic mass is 9.95. The number of para-hydroxylation sites is 3. The number of nitrogens with zero attached hydrogens (tertiary/aromatic N) is 2. The average Bonchev–Trinajstić information content (AvgIpc) is 3.45. The summed E-state index contributed by atoms with van der Waals surface area (Å²) in [6.45, 7) is 2.79. The summed E-state index contributed by atoms with van der Waals surface area (Å²) in [4.78, 5) is 6.85. The van der Waals surface area contributed by atoms with Gasteiger partial charge in [-0.15, -0.1) is 24.0 Å². The number of nitrogens with one attached hydrogen (secondary N) is 2. The van der Waals surface area contributed by atoms with Crippen LogP contribution < -0.4 is 25.0 Å². The molecule has 2 aliphatic rings. The lowest BCUT2D eigenvalue weighted by Crippen LogP contribution is -2.46. The highest BCUT2D eigenvalue weighted by molar-refractivity contribution is 14.0. The van der Waals surface area contributed by atoms with E-state index >= 15 is 0 Å². The molecule has 6 nitrogen and oxygen atoms in total. The molecular weight excluding hydrogens is 503 g/mol. The van der Waals surface area contributed by atoms with Crippen LogP contribution in [0.25, 0.3) is 0 Å². The van der Waals surface area contributed by atoms with Gasteiger partial charge in [0.1, 0.15) is 11.5 Å². The molecule has 1 aliphatic carbocycles. The van der Waals surface area contributed by atoms with Gasteiger partial charge in [-0.1, -0.05) is 30.3 Å². The fourth-order valence-electron chi connectivity index (χ4n) is 4.40. The molecule has 2 aromatic rings. The molecule has 0 spiro atoms. The molecule has 1 saturated heterocycles. The van der Waals surface area contributed by atoms with Crippen molar-refractivity contribution in [2.75, 3.05) is 45.8 Å². The molecule has 1 atom stereocenters. The van der Waals surface area contributed by atoms with Gasteiger partial charge in [-0.2, -0.15) is 0 Å². The van der Waals surface area contributed by atoms with Gasteiger partial charge in [0.05, 0.1) is 19.9 Å². The maximum atomic E-state index is 5.60. The Balaban J connectivity index is 0.00000272. The van der Waals surface area contributed by atoms with Gasteiger partial charge in [-0.3, -0.25) is 4.99 Å². The Labute approximate surface area is 202 Å². The molecule has 0 radical (unpaired) electrons. The van der Waals surface area contributed by atoms with E-state index in [2.05, 4.69) is 44.8 Å². The third-order valence-corrected chi connectivity index (χ3v) is 6.30. The van der Waals surface area contributed by atoms with Crippen LogP contribution in [-0.2, 0) is 5.41 Å². The Hall–Kier alpha value is -2.16. The van der Waals surface area contributed by atoms with Crippen LogP contribution in [0.3, 0.4) is 0 Å². The zero-order chi connectivity index (χ0) is 21.0. The van der Waals surface area contributed by atoms with Crippen molar-refractivity contribution >= 4 is 35.6 Å². The van der Waals surface area contributed by atoms with E-state index in [-0.39, 0.29) is 29.4 Å². The Morgan fingerprint density at radius 2 is 1.74 bits per heavy atom. The molecule has 0 amide bonds. The van der Waals surface area contributed by atoms with Gasteiger partial charge in [0, 0.05) is 43.7 Å². The topological polar surface area (TPSA) is 58.1 Å². The average molecular weight is 536 g/mol. The van der Waals surface area contributed by atoms with E-state index in [1.807, 2.05) is 31.3 Å². The van der Waals surface area contributed by atoms with Crippen molar-refractivity contribution in [1.29, 1.82) is 0 Å². The maximum absolute atomic E-state index is 5.60. The Kier molecular flexibility index (Phi) is 7.91. The quantitative estimate of drug-likeness (QED) is 0.321. The van der Waals surface area contributed by atoms with Crippen LogP contribution in [0.15, 0.2) is 53.5 Å². The second-order valence-corrected chi connectivity index (χ2v) is 8.15. The predicted octanol–water partition coefficient (Wildman–Crippen LogP) is 3.80. The van der Waals surface area contributed by atoms with Crippen LogP contribution in [0, 0.1) is 0 Å². The normalized spacial score (nSPS) is 19.4. The van der Waals surface area contributed by atoms with E-state index in [4.69, 9.17) is 9.47 Å². The van der Waals surface area contributed by atoms with E-state index in [0.717, 1.165) is 49.2 Å². The number of guanidine groups is 1. The van der Waals surface area contributed by atoms with E-state index in [1.54, 1.807) is 14.2 Å². The molecule has 1 heterocycles. The van der Waals surface area contributed by atoms with Crippen LogP contribution in [0.1, 0.15) is 24.8 Å². The number of rotatable bonds is 7. The highest BCUT2D eigenvalue weighted by Gasteiger charge is 2.46. The van der Waals surface area contributed by atoms with Crippen LogP contribution in [-0.4, -0.2) is 52.9 Å². The number of ether oxygens (including phenoxy) is 2. The summed E-state index contributed by atoms with van der Waals surface area (Å²) in [6.07, 6.45) is 3.40. The summed E-state index contributed by atoms with van der Waals surface area (Å²) in [6, 6.07) is 16.9. The standard InChI is InChI=1S/C24H32N4O2.HI/c1-25-23(26-17-24(13-14-24)19-8-4-6-10-21(19)29-2)27-18-12-15-28(16-18)20-9-5-7-11-22(20)30-3;/h4-11,18H,12-17H2,1-3H3,(H2,25,26,27);1H. The Bertz CT molecular complexity index is 901. The molecule has 0 bridgehead atoms. The number of halogens is 1. The molecule has 31 heavy (non-hydrogen) atoms. The van der Waals surface area contributed by atoms with E-state index < -0.39 is 0 Å². The first-order valence-electron chi connectivity index (χ1n) is 10.7. The second kappa shape index (κ2) is 10.4. The van der Waals surface area contributed by atoms with Crippen molar-refractivity contribution in [2.24, 2.45) is 4.99 Å². The van der Waals surface area contributed by atoms with E-state index in [0.29, 0.717) is 6.04 Å². The smallest absolute Gasteiger partial charge is 0.191 e. The number of methoxy groups -OCH3 is 2. The lowest BCUT2D eigenvalue weighted by molar-refractivity contribution is 0.403. The Morgan fingerprint density at radius 3 is 2.42 bits per heavy atom. The second-order valence-electron chi connectivity index (χ2n) is 8.15. The molecule has 7 heteroatoms. The van der Waals surface area contributed by atoms with E-state index in [9.17, 15) is 0 Å². The molecule has 0 aromatic heterocycles. The first kappa shape index (κ1) is 23.5. The molecule has 2 fully saturated rings. The van der Waals surface area contributed by atoms with Crippen LogP contribution in [0.4, 0.5) is 5.69 Å². The summed E-state index contributed by atoms with van der Waals surface area (Å²) in [7, 11) is 5.31. The molecule has 2 N–H and O–H groups in total. The largest absolute Gasteiger partial charge is 0.496 e. The minimum Gasteiger partial charge on any atom is -0.496 e. The number of anilines is 1. The molecule has 1 unspecified atom stereocenters. The molecule has 168 valence electrons. The number of benzene rings is 2. The molecule has 4 rings (SSSR count). The van der Waals surface area contributed by atoms with Gasteiger partial charge in [0.25, 0.3) is 0 Å². The molecule has 1 aliphatic heterocycles. The Morgan fingerprint density at radius 1 is 1.06 bits per heavy atom. The number of aliphatic imine (C=N–C) groups is 1. The van der Waals surface area contributed by atoms with Gasteiger partial charge in [-0.25, -0.2) is 0 Å². The fourth-order valence-corrected chi connectivity index (χ4v) is 4.40. The van der Waals surface area contributed by atoms with E-state index in [1.165, 1.54) is 18.4 Å². The zero-order valence-corrected chi connectivity index (χ0v) is 20.9. The highest BCUT2D eigenvalue weighted by Crippen LogP contribution is 2.50. The predicted molar refractivity (Wildman–Crippen MR) is 137 cm³/mol. The number of hydrogen-bond donors (Lipinski definition) is 2. The van der Waals surface area contributed by atoms with Crippen LogP contribution >= 0.6 is 24.0 Å². The van der Waals surface area contributed by atoms with Crippen molar-refractivity contribution in [2.45, 2.75) is 30.7 Å². The zero-order valence-electron chi connectivity index (χ0n) is 18.6. The van der Waals surface area contributed by atoms with Gasteiger partial charge in [0.15, 0.2) is 5.96 Å². The SMILES string of the molecule is CN=C(NCC1(c2ccccc2OC)CC1)NC1CCN(c2ccccc2OC)C1.I. The summed E-state index contributed by atoms with van der Waals surface area (Å²) in [5, 5.41) is 7.17.